The molecule has 0 aliphatic carbocycles. The second-order valence-electron chi connectivity index (χ2n) is 4.36. The van der Waals surface area contributed by atoms with Gasteiger partial charge < -0.3 is 10.0 Å². The highest BCUT2D eigenvalue weighted by molar-refractivity contribution is 5.98. The number of carbonyl (C=O) groups excluding carboxylic acids is 1. The van der Waals surface area contributed by atoms with E-state index in [2.05, 4.69) is 0 Å². The van der Waals surface area contributed by atoms with E-state index >= 15 is 0 Å². The zero-order valence-electron chi connectivity index (χ0n) is 11.3. The smallest absolute Gasteiger partial charge is 0.308 e. The third-order valence-corrected chi connectivity index (χ3v) is 2.92. The molecule has 0 fully saturated rings. The largest absolute Gasteiger partial charge is 0.481 e. The number of amides is 1. The lowest BCUT2D eigenvalue weighted by Gasteiger charge is -2.22. The van der Waals surface area contributed by atoms with Crippen LogP contribution in [0.2, 0.25) is 0 Å². The van der Waals surface area contributed by atoms with Crippen LogP contribution in [0.25, 0.3) is 0 Å². The van der Waals surface area contributed by atoms with E-state index in [0.29, 0.717) is 0 Å². The van der Waals surface area contributed by atoms with Crippen molar-refractivity contribution >= 4 is 17.6 Å². The van der Waals surface area contributed by atoms with E-state index in [-0.39, 0.29) is 24.3 Å². The van der Waals surface area contributed by atoms with Gasteiger partial charge in [-0.3, -0.25) is 19.7 Å². The summed E-state index contributed by atoms with van der Waals surface area (Å²) in [6.07, 6.45) is 0. The van der Waals surface area contributed by atoms with Crippen molar-refractivity contribution in [2.24, 2.45) is 5.92 Å². The van der Waals surface area contributed by atoms with Gasteiger partial charge in [-0.25, -0.2) is 0 Å². The topological polar surface area (TPSA) is 101 Å². The maximum Gasteiger partial charge on any atom is 0.308 e. The van der Waals surface area contributed by atoms with Gasteiger partial charge in [-0.15, -0.1) is 0 Å². The number of para-hydroxylation sites is 1. The van der Waals surface area contributed by atoms with Crippen LogP contribution < -0.4 is 0 Å². The number of nitro groups is 1. The van der Waals surface area contributed by atoms with Crippen molar-refractivity contribution < 1.29 is 19.6 Å². The van der Waals surface area contributed by atoms with Crippen molar-refractivity contribution in [2.75, 3.05) is 13.1 Å². The van der Waals surface area contributed by atoms with E-state index < -0.39 is 22.7 Å². The second-order valence-corrected chi connectivity index (χ2v) is 4.36. The predicted molar refractivity (Wildman–Crippen MR) is 71.5 cm³/mol. The number of carbonyl (C=O) groups is 2. The molecule has 1 amide bonds. The lowest BCUT2D eigenvalue weighted by Crippen LogP contribution is -2.37. The van der Waals surface area contributed by atoms with Gasteiger partial charge in [-0.2, -0.15) is 0 Å². The molecular weight excluding hydrogens is 264 g/mol. The molecular formula is C13H16N2O5. The Kier molecular flexibility index (Phi) is 5.19. The lowest BCUT2D eigenvalue weighted by atomic mass is 10.1. The van der Waals surface area contributed by atoms with Crippen LogP contribution in [-0.4, -0.2) is 39.9 Å². The Morgan fingerprint density at radius 2 is 2.00 bits per heavy atom. The van der Waals surface area contributed by atoms with Crippen LogP contribution in [0.4, 0.5) is 5.69 Å². The Bertz CT molecular complexity index is 529. The Hall–Kier alpha value is -2.44. The number of hydrogen-bond donors (Lipinski definition) is 1. The average molecular weight is 280 g/mol. The van der Waals surface area contributed by atoms with Crippen molar-refractivity contribution in [3.05, 3.63) is 39.9 Å². The number of benzene rings is 1. The van der Waals surface area contributed by atoms with Gasteiger partial charge in [0, 0.05) is 19.2 Å². The van der Waals surface area contributed by atoms with Gasteiger partial charge in [0.1, 0.15) is 5.56 Å². The molecule has 0 aromatic heterocycles. The molecule has 1 rings (SSSR count). The number of nitrogens with zero attached hydrogens (tertiary/aromatic N) is 2. The minimum Gasteiger partial charge on any atom is -0.481 e. The van der Waals surface area contributed by atoms with E-state index in [4.69, 9.17) is 5.11 Å². The number of nitro benzene ring substituents is 1. The van der Waals surface area contributed by atoms with E-state index in [1.807, 2.05) is 0 Å². The van der Waals surface area contributed by atoms with Crippen LogP contribution in [-0.2, 0) is 4.79 Å². The third kappa shape index (κ3) is 3.53. The van der Waals surface area contributed by atoms with Crippen molar-refractivity contribution in [1.82, 2.24) is 4.90 Å². The summed E-state index contributed by atoms with van der Waals surface area (Å²) >= 11 is 0. The number of hydrogen-bond acceptors (Lipinski definition) is 4. The van der Waals surface area contributed by atoms with Gasteiger partial charge in [0.2, 0.25) is 0 Å². The Morgan fingerprint density at radius 3 is 2.50 bits per heavy atom. The average Bonchev–Trinajstić information content (AvgIpc) is 2.43. The molecule has 0 saturated carbocycles. The summed E-state index contributed by atoms with van der Waals surface area (Å²) in [5.74, 6) is -2.28. The highest BCUT2D eigenvalue weighted by Gasteiger charge is 2.25. The molecule has 0 radical (unpaired) electrons. The minimum atomic E-state index is -1.01. The SMILES string of the molecule is CCN(CC(C)C(=O)O)C(=O)c1ccccc1[N+](=O)[O-]. The van der Waals surface area contributed by atoms with Crippen LogP contribution >= 0.6 is 0 Å². The molecule has 7 nitrogen and oxygen atoms in total. The first-order valence-electron chi connectivity index (χ1n) is 6.14. The molecule has 0 aliphatic rings. The fourth-order valence-electron chi connectivity index (χ4n) is 1.75. The van der Waals surface area contributed by atoms with E-state index in [9.17, 15) is 19.7 Å². The molecule has 0 heterocycles. The summed E-state index contributed by atoms with van der Waals surface area (Å²) in [6.45, 7) is 3.47. The molecule has 1 aromatic carbocycles. The van der Waals surface area contributed by atoms with Gasteiger partial charge in [-0.1, -0.05) is 19.1 Å². The van der Waals surface area contributed by atoms with Crippen molar-refractivity contribution in [1.29, 1.82) is 0 Å². The van der Waals surface area contributed by atoms with Crippen LogP contribution in [0.1, 0.15) is 24.2 Å². The number of aliphatic carboxylic acids is 1. The standard InChI is InChI=1S/C13H16N2O5/c1-3-14(8-9(2)13(17)18)12(16)10-6-4-5-7-11(10)15(19)20/h4-7,9H,3,8H2,1-2H3,(H,17,18). The highest BCUT2D eigenvalue weighted by Crippen LogP contribution is 2.20. The van der Waals surface area contributed by atoms with E-state index in [1.54, 1.807) is 6.92 Å². The molecule has 0 spiro atoms. The highest BCUT2D eigenvalue weighted by atomic mass is 16.6. The maximum absolute atomic E-state index is 12.3. The quantitative estimate of drug-likeness (QED) is 0.632. The third-order valence-electron chi connectivity index (χ3n) is 2.92. The molecule has 1 N–H and O–H groups in total. The molecule has 7 heteroatoms. The first kappa shape index (κ1) is 15.6. The van der Waals surface area contributed by atoms with Gasteiger partial charge >= 0.3 is 5.97 Å². The number of carboxylic acids is 1. The zero-order chi connectivity index (χ0) is 15.3. The van der Waals surface area contributed by atoms with E-state index in [0.717, 1.165) is 0 Å². The second kappa shape index (κ2) is 6.65. The van der Waals surface area contributed by atoms with Crippen LogP contribution in [0.3, 0.4) is 0 Å². The fraction of sp³-hybridized carbons (Fsp3) is 0.385. The van der Waals surface area contributed by atoms with Crippen molar-refractivity contribution in [3.63, 3.8) is 0 Å². The molecule has 20 heavy (non-hydrogen) atoms. The van der Waals surface area contributed by atoms with Gasteiger partial charge in [-0.05, 0) is 13.0 Å². The predicted octanol–water partition coefficient (Wildman–Crippen LogP) is 1.78. The van der Waals surface area contributed by atoms with Crippen molar-refractivity contribution in [2.45, 2.75) is 13.8 Å². The number of rotatable bonds is 6. The number of carboxylic acid groups (broad SMARTS) is 1. The summed E-state index contributed by atoms with van der Waals surface area (Å²) in [5, 5.41) is 19.8. The summed E-state index contributed by atoms with van der Waals surface area (Å²) in [5.41, 5.74) is -0.309. The maximum atomic E-state index is 12.3. The molecule has 0 bridgehead atoms. The molecule has 108 valence electrons. The zero-order valence-corrected chi connectivity index (χ0v) is 11.3. The molecule has 1 aromatic rings. The van der Waals surface area contributed by atoms with Gasteiger partial charge in [0.15, 0.2) is 0 Å². The van der Waals surface area contributed by atoms with Crippen molar-refractivity contribution in [3.8, 4) is 0 Å². The first-order valence-corrected chi connectivity index (χ1v) is 6.14. The summed E-state index contributed by atoms with van der Waals surface area (Å²) < 4.78 is 0. The molecule has 1 unspecified atom stereocenters. The van der Waals surface area contributed by atoms with E-state index in [1.165, 1.54) is 36.1 Å². The Morgan fingerprint density at radius 1 is 1.40 bits per heavy atom. The Balaban J connectivity index is 3.03. The van der Waals surface area contributed by atoms with Gasteiger partial charge in [0.25, 0.3) is 11.6 Å². The monoisotopic (exact) mass is 280 g/mol. The summed E-state index contributed by atoms with van der Waals surface area (Å²) in [6, 6.07) is 5.63. The van der Waals surface area contributed by atoms with Crippen LogP contribution in [0, 0.1) is 16.0 Å². The first-order chi connectivity index (χ1) is 9.38. The molecule has 0 saturated heterocycles. The molecule has 0 aliphatic heterocycles. The normalized spacial score (nSPS) is 11.7. The summed E-state index contributed by atoms with van der Waals surface area (Å²) in [4.78, 5) is 34.7. The Labute approximate surface area is 116 Å². The van der Waals surface area contributed by atoms with Crippen LogP contribution in [0.15, 0.2) is 24.3 Å². The fourth-order valence-corrected chi connectivity index (χ4v) is 1.75. The van der Waals surface area contributed by atoms with Gasteiger partial charge in [0.05, 0.1) is 10.8 Å². The molecule has 1 atom stereocenters. The summed E-state index contributed by atoms with van der Waals surface area (Å²) in [7, 11) is 0. The minimum absolute atomic E-state index is 0.0106. The lowest BCUT2D eigenvalue weighted by molar-refractivity contribution is -0.385. The van der Waals surface area contributed by atoms with Crippen LogP contribution in [0.5, 0.6) is 0 Å².